The van der Waals surface area contributed by atoms with Gasteiger partial charge >= 0.3 is 0 Å². The number of nitrogens with one attached hydrogen (secondary N) is 1. The van der Waals surface area contributed by atoms with Crippen LogP contribution in [-0.4, -0.2) is 18.6 Å². The molecule has 2 aliphatic rings. The van der Waals surface area contributed by atoms with Gasteiger partial charge in [0.2, 0.25) is 0 Å². The van der Waals surface area contributed by atoms with E-state index in [1.165, 1.54) is 5.56 Å². The van der Waals surface area contributed by atoms with Crippen LogP contribution in [0.25, 0.3) is 0 Å². The molecule has 0 atom stereocenters. The van der Waals surface area contributed by atoms with E-state index in [1.807, 2.05) is 18.2 Å². The van der Waals surface area contributed by atoms with Crippen LogP contribution >= 0.6 is 0 Å². The Bertz CT molecular complexity index is 439. The molecule has 1 saturated carbocycles. The summed E-state index contributed by atoms with van der Waals surface area (Å²) >= 11 is 0. The fourth-order valence-corrected chi connectivity index (χ4v) is 2.28. The molecule has 84 valence electrons. The molecule has 16 heavy (non-hydrogen) atoms. The van der Waals surface area contributed by atoms with Gasteiger partial charge in [-0.1, -0.05) is 6.07 Å². The van der Waals surface area contributed by atoms with Gasteiger partial charge in [0.1, 0.15) is 5.75 Å². The quantitative estimate of drug-likeness (QED) is 0.745. The minimum Gasteiger partial charge on any atom is -0.482 e. The van der Waals surface area contributed by atoms with Crippen molar-refractivity contribution in [2.24, 2.45) is 5.73 Å². The summed E-state index contributed by atoms with van der Waals surface area (Å²) in [5.74, 6) is 1.24. The highest BCUT2D eigenvalue weighted by Gasteiger charge is 2.28. The van der Waals surface area contributed by atoms with Crippen molar-refractivity contribution in [3.05, 3.63) is 23.8 Å². The number of carbonyl (C=O) groups is 1. The van der Waals surface area contributed by atoms with Crippen LogP contribution in [0, 0.1) is 0 Å². The Morgan fingerprint density at radius 2 is 2.19 bits per heavy atom. The molecule has 0 saturated heterocycles. The third-order valence-electron chi connectivity index (χ3n) is 3.28. The van der Waals surface area contributed by atoms with E-state index >= 15 is 0 Å². The molecule has 1 aliphatic heterocycles. The second-order valence-corrected chi connectivity index (χ2v) is 4.52. The van der Waals surface area contributed by atoms with Gasteiger partial charge in [0.05, 0.1) is 5.69 Å². The molecular formula is C12H14N2O2. The average molecular weight is 218 g/mol. The Hall–Kier alpha value is -1.55. The van der Waals surface area contributed by atoms with Crippen LogP contribution < -0.4 is 15.8 Å². The topological polar surface area (TPSA) is 64.3 Å². The highest BCUT2D eigenvalue weighted by atomic mass is 16.5. The summed E-state index contributed by atoms with van der Waals surface area (Å²) in [6.45, 7) is 0.112. The maximum Gasteiger partial charge on any atom is 0.262 e. The number of nitrogens with two attached hydrogens (primary N) is 1. The van der Waals surface area contributed by atoms with E-state index in [4.69, 9.17) is 10.5 Å². The molecule has 3 N–H and O–H groups in total. The van der Waals surface area contributed by atoms with E-state index in [1.54, 1.807) is 0 Å². The molecule has 1 heterocycles. The Labute approximate surface area is 93.8 Å². The van der Waals surface area contributed by atoms with Crippen molar-refractivity contribution in [1.82, 2.24) is 0 Å². The lowest BCUT2D eigenvalue weighted by molar-refractivity contribution is -0.118. The highest BCUT2D eigenvalue weighted by Crippen LogP contribution is 2.39. The largest absolute Gasteiger partial charge is 0.482 e. The van der Waals surface area contributed by atoms with Crippen LogP contribution in [0.3, 0.4) is 0 Å². The van der Waals surface area contributed by atoms with Crippen molar-refractivity contribution in [3.63, 3.8) is 0 Å². The first kappa shape index (κ1) is 9.66. The van der Waals surface area contributed by atoms with Crippen molar-refractivity contribution < 1.29 is 9.53 Å². The van der Waals surface area contributed by atoms with Crippen molar-refractivity contribution in [3.8, 4) is 5.75 Å². The van der Waals surface area contributed by atoms with E-state index in [0.717, 1.165) is 24.3 Å². The minimum absolute atomic E-state index is 0.0917. The monoisotopic (exact) mass is 218 g/mol. The SMILES string of the molecule is NC1CC(c2ccc3c(c2)OCC(=O)N3)C1. The molecule has 3 rings (SSSR count). The molecule has 0 radical (unpaired) electrons. The van der Waals surface area contributed by atoms with Gasteiger partial charge in [0, 0.05) is 6.04 Å². The zero-order valence-corrected chi connectivity index (χ0v) is 8.90. The number of carbonyl (C=O) groups excluding carboxylic acids is 1. The molecule has 0 bridgehead atoms. The molecule has 0 unspecified atom stereocenters. The summed E-state index contributed by atoms with van der Waals surface area (Å²) in [5.41, 5.74) is 7.80. The number of amides is 1. The van der Waals surface area contributed by atoms with Gasteiger partial charge < -0.3 is 15.8 Å². The summed E-state index contributed by atoms with van der Waals surface area (Å²) in [4.78, 5) is 11.1. The number of anilines is 1. The van der Waals surface area contributed by atoms with Gasteiger partial charge in [0.25, 0.3) is 5.91 Å². The number of fused-ring (bicyclic) bond motifs is 1. The summed E-state index contributed by atoms with van der Waals surface area (Å²) in [6.07, 6.45) is 2.09. The fraction of sp³-hybridized carbons (Fsp3) is 0.417. The maximum atomic E-state index is 11.1. The van der Waals surface area contributed by atoms with E-state index in [9.17, 15) is 4.79 Å². The van der Waals surface area contributed by atoms with Crippen molar-refractivity contribution in [2.45, 2.75) is 24.8 Å². The third kappa shape index (κ3) is 1.55. The Kier molecular flexibility index (Phi) is 2.11. The van der Waals surface area contributed by atoms with Gasteiger partial charge in [-0.3, -0.25) is 4.79 Å². The van der Waals surface area contributed by atoms with Gasteiger partial charge in [-0.05, 0) is 36.5 Å². The number of hydrogen-bond acceptors (Lipinski definition) is 3. The Morgan fingerprint density at radius 1 is 1.38 bits per heavy atom. The van der Waals surface area contributed by atoms with Crippen molar-refractivity contribution in [2.75, 3.05) is 11.9 Å². The molecule has 1 aromatic rings. The van der Waals surface area contributed by atoms with E-state index in [-0.39, 0.29) is 12.5 Å². The molecule has 1 aliphatic carbocycles. The second-order valence-electron chi connectivity index (χ2n) is 4.52. The lowest BCUT2D eigenvalue weighted by atomic mass is 9.76. The molecule has 0 aromatic heterocycles. The summed E-state index contributed by atoms with van der Waals surface area (Å²) < 4.78 is 5.38. The zero-order valence-electron chi connectivity index (χ0n) is 8.90. The normalized spacial score (nSPS) is 27.4. The number of rotatable bonds is 1. The van der Waals surface area contributed by atoms with E-state index in [2.05, 4.69) is 5.32 Å². The van der Waals surface area contributed by atoms with Crippen LogP contribution in [-0.2, 0) is 4.79 Å². The molecule has 4 heteroatoms. The van der Waals surface area contributed by atoms with Crippen LogP contribution in [0.15, 0.2) is 18.2 Å². The lowest BCUT2D eigenvalue weighted by Gasteiger charge is -2.33. The summed E-state index contributed by atoms with van der Waals surface area (Å²) in [6, 6.07) is 6.32. The van der Waals surface area contributed by atoms with Crippen LogP contribution in [0.4, 0.5) is 5.69 Å². The van der Waals surface area contributed by atoms with Crippen LogP contribution in [0.2, 0.25) is 0 Å². The first-order chi connectivity index (χ1) is 7.72. The molecule has 1 amide bonds. The fourth-order valence-electron chi connectivity index (χ4n) is 2.28. The Morgan fingerprint density at radius 3 is 2.94 bits per heavy atom. The lowest BCUT2D eigenvalue weighted by Crippen LogP contribution is -2.34. The first-order valence-corrected chi connectivity index (χ1v) is 5.54. The average Bonchev–Trinajstić information content (AvgIpc) is 2.24. The van der Waals surface area contributed by atoms with E-state index in [0.29, 0.717) is 12.0 Å². The number of hydrogen-bond donors (Lipinski definition) is 2. The molecule has 1 aromatic carbocycles. The third-order valence-corrected chi connectivity index (χ3v) is 3.28. The van der Waals surface area contributed by atoms with Gasteiger partial charge in [-0.15, -0.1) is 0 Å². The van der Waals surface area contributed by atoms with Gasteiger partial charge in [-0.2, -0.15) is 0 Å². The Balaban J connectivity index is 1.85. The summed E-state index contributed by atoms with van der Waals surface area (Å²) in [5, 5.41) is 2.78. The van der Waals surface area contributed by atoms with E-state index < -0.39 is 0 Å². The molecule has 1 fully saturated rings. The molecular weight excluding hydrogens is 204 g/mol. The highest BCUT2D eigenvalue weighted by molar-refractivity contribution is 5.95. The maximum absolute atomic E-state index is 11.1. The number of benzene rings is 1. The molecule has 0 spiro atoms. The molecule has 4 nitrogen and oxygen atoms in total. The van der Waals surface area contributed by atoms with Crippen molar-refractivity contribution in [1.29, 1.82) is 0 Å². The predicted octanol–water partition coefficient (Wildman–Crippen LogP) is 1.22. The van der Waals surface area contributed by atoms with Crippen LogP contribution in [0.5, 0.6) is 5.75 Å². The van der Waals surface area contributed by atoms with Crippen molar-refractivity contribution >= 4 is 11.6 Å². The predicted molar refractivity (Wildman–Crippen MR) is 60.5 cm³/mol. The first-order valence-electron chi connectivity index (χ1n) is 5.54. The van der Waals surface area contributed by atoms with Gasteiger partial charge in [-0.25, -0.2) is 0 Å². The van der Waals surface area contributed by atoms with Gasteiger partial charge in [0.15, 0.2) is 6.61 Å². The minimum atomic E-state index is -0.0917. The van der Waals surface area contributed by atoms with Crippen LogP contribution in [0.1, 0.15) is 24.3 Å². The zero-order chi connectivity index (χ0) is 11.1. The standard InChI is InChI=1S/C12H14N2O2/c13-9-3-8(4-9)7-1-2-10-11(5-7)16-6-12(15)14-10/h1-2,5,8-9H,3-4,6,13H2,(H,14,15). The summed E-state index contributed by atoms with van der Waals surface area (Å²) in [7, 11) is 0. The second kappa shape index (κ2) is 3.49. The smallest absolute Gasteiger partial charge is 0.262 e. The number of ether oxygens (including phenoxy) is 1.